The molecule has 0 saturated carbocycles. The van der Waals surface area contributed by atoms with Crippen LogP contribution >= 0.6 is 23.2 Å². The fourth-order valence-corrected chi connectivity index (χ4v) is 1.65. The van der Waals surface area contributed by atoms with E-state index in [0.29, 0.717) is 0 Å². The highest BCUT2D eigenvalue weighted by atomic mass is 35.5. The Labute approximate surface area is 126 Å². The number of carbonyl (C=O) groups is 2. The van der Waals surface area contributed by atoms with E-state index >= 15 is 0 Å². The lowest BCUT2D eigenvalue weighted by Gasteiger charge is -2.12. The van der Waals surface area contributed by atoms with E-state index in [1.54, 1.807) is 0 Å². The molecule has 1 aromatic carbocycles. The van der Waals surface area contributed by atoms with Gasteiger partial charge in [0.05, 0.1) is 10.0 Å². The summed E-state index contributed by atoms with van der Waals surface area (Å²) in [5.41, 5.74) is 0. The van der Waals surface area contributed by atoms with Gasteiger partial charge in [-0.1, -0.05) is 23.2 Å². The van der Waals surface area contributed by atoms with Gasteiger partial charge in [0.2, 0.25) is 0 Å². The normalized spacial score (nSPS) is 9.80. The molecule has 0 bridgehead atoms. The Morgan fingerprint density at radius 3 is 1.70 bits per heavy atom. The Bertz CT molecular complexity index is 467. The minimum atomic E-state index is -0.302. The van der Waals surface area contributed by atoms with E-state index in [4.69, 9.17) is 32.7 Å². The van der Waals surface area contributed by atoms with Crippen LogP contribution in [0.4, 0.5) is 0 Å². The van der Waals surface area contributed by atoms with Crippen molar-refractivity contribution >= 4 is 35.0 Å². The van der Waals surface area contributed by atoms with Crippen molar-refractivity contribution < 1.29 is 19.1 Å². The molecule has 0 fully saturated rings. The molecule has 1 rings (SSSR count). The lowest BCUT2D eigenvalue weighted by atomic mass is 10.3. The Kier molecular flexibility index (Phi) is 6.41. The first-order chi connectivity index (χ1) is 9.47. The summed E-state index contributed by atoms with van der Waals surface area (Å²) in [5.74, 6) is -0.120. The molecule has 0 aliphatic rings. The van der Waals surface area contributed by atoms with E-state index in [0.717, 1.165) is 0 Å². The van der Waals surface area contributed by atoms with Crippen molar-refractivity contribution in [1.82, 2.24) is 10.6 Å². The summed E-state index contributed by atoms with van der Waals surface area (Å²) >= 11 is 11.9. The number of hydrogen-bond donors (Lipinski definition) is 2. The third-order valence-electron chi connectivity index (χ3n) is 2.26. The van der Waals surface area contributed by atoms with Crippen molar-refractivity contribution in [3.05, 3.63) is 22.2 Å². The van der Waals surface area contributed by atoms with Gasteiger partial charge >= 0.3 is 0 Å². The summed E-state index contributed by atoms with van der Waals surface area (Å²) in [6.07, 6.45) is 0. The number of hydrogen-bond acceptors (Lipinski definition) is 4. The minimum Gasteiger partial charge on any atom is -0.482 e. The second kappa shape index (κ2) is 7.81. The maximum Gasteiger partial charge on any atom is 0.257 e. The number of halogens is 2. The fourth-order valence-electron chi connectivity index (χ4n) is 1.16. The van der Waals surface area contributed by atoms with E-state index in [1.165, 1.54) is 26.2 Å². The van der Waals surface area contributed by atoms with Crippen LogP contribution in [0, 0.1) is 0 Å². The average molecular weight is 321 g/mol. The van der Waals surface area contributed by atoms with Crippen LogP contribution in [0.15, 0.2) is 12.1 Å². The average Bonchev–Trinajstić information content (AvgIpc) is 2.44. The summed E-state index contributed by atoms with van der Waals surface area (Å²) < 4.78 is 10.5. The van der Waals surface area contributed by atoms with Gasteiger partial charge in [-0.25, -0.2) is 0 Å². The summed E-state index contributed by atoms with van der Waals surface area (Å²) in [4.78, 5) is 22.2. The molecule has 0 saturated heterocycles. The first-order valence-corrected chi connectivity index (χ1v) is 6.39. The van der Waals surface area contributed by atoms with Crippen LogP contribution in [0.2, 0.25) is 10.0 Å². The van der Waals surface area contributed by atoms with Crippen LogP contribution in [0.3, 0.4) is 0 Å². The molecule has 1 aromatic rings. The minimum absolute atomic E-state index is 0.188. The standard InChI is InChI=1S/C12H14Cl2N2O4/c1-15-11(17)5-19-9-4-10(8(14)3-7(9)13)20-6-12(18)16-2/h3-4H,5-6H2,1-2H3,(H,15,17)(H,16,18). The number of ether oxygens (including phenoxy) is 2. The van der Waals surface area contributed by atoms with Gasteiger partial charge in [-0.3, -0.25) is 9.59 Å². The van der Waals surface area contributed by atoms with Crippen LogP contribution in [0.5, 0.6) is 11.5 Å². The van der Waals surface area contributed by atoms with E-state index < -0.39 is 0 Å². The van der Waals surface area contributed by atoms with Gasteiger partial charge in [-0.2, -0.15) is 0 Å². The quantitative estimate of drug-likeness (QED) is 0.827. The molecule has 0 aliphatic heterocycles. The van der Waals surface area contributed by atoms with Crippen LogP contribution in [0.25, 0.3) is 0 Å². The lowest BCUT2D eigenvalue weighted by molar-refractivity contribution is -0.123. The molecule has 110 valence electrons. The van der Waals surface area contributed by atoms with Crippen molar-refractivity contribution in [2.24, 2.45) is 0 Å². The highest BCUT2D eigenvalue weighted by molar-refractivity contribution is 6.36. The lowest BCUT2D eigenvalue weighted by Crippen LogP contribution is -2.25. The Morgan fingerprint density at radius 2 is 1.35 bits per heavy atom. The Hall–Kier alpha value is -1.66. The fraction of sp³-hybridized carbons (Fsp3) is 0.333. The van der Waals surface area contributed by atoms with Crippen molar-refractivity contribution in [1.29, 1.82) is 0 Å². The van der Waals surface area contributed by atoms with Gasteiger partial charge < -0.3 is 20.1 Å². The first-order valence-electron chi connectivity index (χ1n) is 5.63. The first kappa shape index (κ1) is 16.4. The monoisotopic (exact) mass is 320 g/mol. The molecule has 2 amide bonds. The van der Waals surface area contributed by atoms with Crippen molar-refractivity contribution in [2.75, 3.05) is 27.3 Å². The zero-order valence-electron chi connectivity index (χ0n) is 11.0. The molecule has 0 spiro atoms. The molecule has 0 unspecified atom stereocenters. The van der Waals surface area contributed by atoms with Crippen molar-refractivity contribution in [3.8, 4) is 11.5 Å². The number of rotatable bonds is 6. The molecule has 0 radical (unpaired) electrons. The molecular weight excluding hydrogens is 307 g/mol. The van der Waals surface area contributed by atoms with E-state index in [9.17, 15) is 9.59 Å². The molecule has 0 aliphatic carbocycles. The largest absolute Gasteiger partial charge is 0.482 e. The van der Waals surface area contributed by atoms with Crippen molar-refractivity contribution in [3.63, 3.8) is 0 Å². The number of nitrogens with one attached hydrogen (secondary N) is 2. The van der Waals surface area contributed by atoms with Gasteiger partial charge in [0.15, 0.2) is 13.2 Å². The number of amides is 2. The van der Waals surface area contributed by atoms with Gasteiger partial charge in [0.25, 0.3) is 11.8 Å². The van der Waals surface area contributed by atoms with Crippen LogP contribution < -0.4 is 20.1 Å². The molecule has 6 nitrogen and oxygen atoms in total. The Morgan fingerprint density at radius 1 is 0.950 bits per heavy atom. The Balaban J connectivity index is 2.80. The molecule has 0 atom stereocenters. The summed E-state index contributed by atoms with van der Waals surface area (Å²) in [5, 5.41) is 5.31. The molecule has 2 N–H and O–H groups in total. The summed E-state index contributed by atoms with van der Waals surface area (Å²) in [6, 6.07) is 2.85. The van der Waals surface area contributed by atoms with Gasteiger partial charge in [-0.15, -0.1) is 0 Å². The van der Waals surface area contributed by atoms with Gasteiger partial charge in [-0.05, 0) is 6.07 Å². The maximum absolute atomic E-state index is 11.1. The van der Waals surface area contributed by atoms with E-state index in [2.05, 4.69) is 10.6 Å². The second-order valence-corrected chi connectivity index (χ2v) is 4.45. The molecule has 0 aromatic heterocycles. The molecule has 20 heavy (non-hydrogen) atoms. The molecular formula is C12H14Cl2N2O4. The van der Waals surface area contributed by atoms with Gasteiger partial charge in [0.1, 0.15) is 11.5 Å². The third kappa shape index (κ3) is 4.79. The second-order valence-electron chi connectivity index (χ2n) is 3.64. The van der Waals surface area contributed by atoms with E-state index in [-0.39, 0.29) is 46.6 Å². The maximum atomic E-state index is 11.1. The zero-order valence-corrected chi connectivity index (χ0v) is 12.5. The van der Waals surface area contributed by atoms with Gasteiger partial charge in [0, 0.05) is 20.2 Å². The summed E-state index contributed by atoms with van der Waals surface area (Å²) in [7, 11) is 2.99. The van der Waals surface area contributed by atoms with Crippen LogP contribution in [-0.2, 0) is 9.59 Å². The molecule has 8 heteroatoms. The molecule has 0 heterocycles. The van der Waals surface area contributed by atoms with Crippen molar-refractivity contribution in [2.45, 2.75) is 0 Å². The predicted octanol–water partition coefficient (Wildman–Crippen LogP) is 1.24. The number of likely N-dealkylation sites (N-methyl/N-ethyl adjacent to an activating group) is 2. The van der Waals surface area contributed by atoms with Crippen LogP contribution in [-0.4, -0.2) is 39.1 Å². The SMILES string of the molecule is CNC(=O)COc1cc(OCC(=O)NC)c(Cl)cc1Cl. The summed E-state index contributed by atoms with van der Waals surface area (Å²) in [6.45, 7) is -0.376. The third-order valence-corrected chi connectivity index (χ3v) is 2.85. The highest BCUT2D eigenvalue weighted by Gasteiger charge is 2.12. The zero-order chi connectivity index (χ0) is 15.1. The number of carbonyl (C=O) groups excluding carboxylic acids is 2. The smallest absolute Gasteiger partial charge is 0.257 e. The van der Waals surface area contributed by atoms with Crippen LogP contribution in [0.1, 0.15) is 0 Å². The predicted molar refractivity (Wildman–Crippen MR) is 75.6 cm³/mol. The number of benzene rings is 1. The van der Waals surface area contributed by atoms with E-state index in [1.807, 2.05) is 0 Å². The highest BCUT2D eigenvalue weighted by Crippen LogP contribution is 2.35. The topological polar surface area (TPSA) is 76.7 Å².